The summed E-state index contributed by atoms with van der Waals surface area (Å²) in [6, 6.07) is 0. The van der Waals surface area contributed by atoms with E-state index in [2.05, 4.69) is 41.5 Å². The maximum Gasteiger partial charge on any atom is 0.200 e. The summed E-state index contributed by atoms with van der Waals surface area (Å²) in [6.07, 6.45) is 16.3. The molecule has 0 spiro atoms. The highest BCUT2D eigenvalue weighted by molar-refractivity contribution is 6.35. The molecule has 0 fully saturated rings. The lowest BCUT2D eigenvalue weighted by Crippen LogP contribution is -1.99. The first-order valence-corrected chi connectivity index (χ1v) is 13.6. The van der Waals surface area contributed by atoms with E-state index in [0.29, 0.717) is 0 Å². The van der Waals surface area contributed by atoms with Gasteiger partial charge in [-0.15, -0.1) is 10.6 Å². The van der Waals surface area contributed by atoms with E-state index in [4.69, 9.17) is 4.74 Å². The number of hydrogen-bond donors (Lipinski definition) is 0. The van der Waals surface area contributed by atoms with Gasteiger partial charge >= 0.3 is 0 Å². The summed E-state index contributed by atoms with van der Waals surface area (Å²) in [5.41, 5.74) is 0. The van der Waals surface area contributed by atoms with Gasteiger partial charge in [0.05, 0.1) is 0 Å². The summed E-state index contributed by atoms with van der Waals surface area (Å²) in [5.74, 6) is 1.86. The molecule has 0 saturated heterocycles. The number of rotatable bonds is 18. The fraction of sp³-hybridized carbons (Fsp3) is 1.00. The highest BCUT2D eigenvalue weighted by Gasteiger charge is 1.98. The summed E-state index contributed by atoms with van der Waals surface area (Å²) < 4.78 is 5.65. The molecule has 0 unspecified atom stereocenters. The highest BCUT2D eigenvalue weighted by atomic mass is 27.1. The monoisotopic (exact) mass is 383 g/mol. The standard InChI is InChI=1S/C16H34O.2C4H9.Al/c1-3-5-7-9-11-13-15-17-16-14-12-10-8-6-4-2;2*1-4(2)3;/h3-16H2,1-2H3;2*4H,1H2,2-3H3;. The lowest BCUT2D eigenvalue weighted by molar-refractivity contribution is 0.125. The highest BCUT2D eigenvalue weighted by Crippen LogP contribution is 2.07. The predicted octanol–water partition coefficient (Wildman–Crippen LogP) is 8.56. The molecule has 0 aromatic rings. The molecule has 0 aliphatic heterocycles. The summed E-state index contributed by atoms with van der Waals surface area (Å²) in [6.45, 7) is 15.8. The van der Waals surface area contributed by atoms with Crippen molar-refractivity contribution in [3.63, 3.8) is 0 Å². The van der Waals surface area contributed by atoms with Gasteiger partial charge in [0.1, 0.15) is 0 Å². The molecule has 0 atom stereocenters. The Morgan fingerprint density at radius 3 is 1.23 bits per heavy atom. The zero-order valence-corrected chi connectivity index (χ0v) is 20.6. The smallest absolute Gasteiger partial charge is 0.200 e. The fourth-order valence-electron chi connectivity index (χ4n) is 2.83. The third-order valence-corrected chi connectivity index (χ3v) is 7.11. The van der Waals surface area contributed by atoms with E-state index in [-0.39, 0.29) is 0 Å². The van der Waals surface area contributed by atoms with Crippen LogP contribution in [-0.4, -0.2) is 28.4 Å². The SMILES string of the molecule is CC(C)[CH2][Al][CH2]C(C)C.CCCCCCCCOCCCCCCCC. The molecule has 26 heavy (non-hydrogen) atoms. The number of hydrogen-bond acceptors (Lipinski definition) is 1. The third-order valence-electron chi connectivity index (χ3n) is 4.56. The van der Waals surface area contributed by atoms with Crippen LogP contribution in [0.5, 0.6) is 0 Å². The average Bonchev–Trinajstić information content (AvgIpc) is 2.59. The van der Waals surface area contributed by atoms with Crippen molar-refractivity contribution in [2.24, 2.45) is 11.8 Å². The van der Waals surface area contributed by atoms with Crippen LogP contribution in [0.15, 0.2) is 0 Å². The Morgan fingerprint density at radius 2 is 0.885 bits per heavy atom. The first-order valence-electron chi connectivity index (χ1n) is 11.9. The Kier molecular flexibility index (Phi) is 28.1. The maximum absolute atomic E-state index is 5.65. The Bertz CT molecular complexity index is 206. The molecule has 157 valence electrons. The Hall–Kier alpha value is 0.492. The molecule has 2 heteroatoms. The number of unbranched alkanes of at least 4 members (excludes halogenated alkanes) is 10. The average molecular weight is 384 g/mol. The van der Waals surface area contributed by atoms with Gasteiger partial charge < -0.3 is 4.74 Å². The van der Waals surface area contributed by atoms with Gasteiger partial charge in [-0.05, 0) is 12.8 Å². The van der Waals surface area contributed by atoms with Crippen molar-refractivity contribution in [2.45, 2.75) is 129 Å². The van der Waals surface area contributed by atoms with Crippen molar-refractivity contribution < 1.29 is 4.74 Å². The van der Waals surface area contributed by atoms with Crippen LogP contribution in [0.1, 0.15) is 119 Å². The quantitative estimate of drug-likeness (QED) is 0.170. The summed E-state index contributed by atoms with van der Waals surface area (Å²) >= 11 is 0.755. The molecule has 0 aromatic heterocycles. The van der Waals surface area contributed by atoms with Crippen molar-refractivity contribution in [1.82, 2.24) is 0 Å². The zero-order valence-electron chi connectivity index (χ0n) is 19.5. The molecule has 0 rings (SSSR count). The number of ether oxygens (including phenoxy) is 1. The molecule has 1 radical (unpaired) electrons. The first-order chi connectivity index (χ1) is 12.5. The second-order valence-corrected chi connectivity index (χ2v) is 10.2. The van der Waals surface area contributed by atoms with Crippen molar-refractivity contribution in [1.29, 1.82) is 0 Å². The molecule has 0 amide bonds. The summed E-state index contributed by atoms with van der Waals surface area (Å²) in [7, 11) is 0. The normalized spacial score (nSPS) is 10.9. The minimum atomic E-state index is 0.755. The largest absolute Gasteiger partial charge is 0.381 e. The van der Waals surface area contributed by atoms with Gasteiger partial charge in [-0.3, -0.25) is 0 Å². The van der Waals surface area contributed by atoms with Gasteiger partial charge in [0.2, 0.25) is 15.2 Å². The second-order valence-electron chi connectivity index (χ2n) is 8.70. The fourth-order valence-corrected chi connectivity index (χ4v) is 4.36. The van der Waals surface area contributed by atoms with Crippen molar-refractivity contribution in [2.75, 3.05) is 13.2 Å². The van der Waals surface area contributed by atoms with Crippen LogP contribution in [0, 0.1) is 11.8 Å². The molecular formula is C24H52AlO. The van der Waals surface area contributed by atoms with Gasteiger partial charge in [0.25, 0.3) is 0 Å². The van der Waals surface area contributed by atoms with Gasteiger partial charge in [-0.1, -0.05) is 118 Å². The van der Waals surface area contributed by atoms with Crippen LogP contribution < -0.4 is 0 Å². The Balaban J connectivity index is 0. The van der Waals surface area contributed by atoms with Gasteiger partial charge in [-0.2, -0.15) is 0 Å². The third kappa shape index (κ3) is 32.2. The minimum Gasteiger partial charge on any atom is -0.381 e. The van der Waals surface area contributed by atoms with E-state index in [1.807, 2.05) is 0 Å². The minimum absolute atomic E-state index is 0.755. The molecule has 0 aromatic carbocycles. The second kappa shape index (κ2) is 25.5. The van der Waals surface area contributed by atoms with Crippen molar-refractivity contribution in [3.8, 4) is 0 Å². The lowest BCUT2D eigenvalue weighted by atomic mass is 10.1. The first kappa shape index (κ1) is 28.7. The molecular weight excluding hydrogens is 331 g/mol. The van der Waals surface area contributed by atoms with Crippen LogP contribution in [-0.2, 0) is 4.74 Å². The van der Waals surface area contributed by atoms with E-state index in [1.165, 1.54) is 87.6 Å². The molecule has 0 bridgehead atoms. The van der Waals surface area contributed by atoms with Crippen LogP contribution in [0.3, 0.4) is 0 Å². The van der Waals surface area contributed by atoms with Crippen LogP contribution in [0.2, 0.25) is 10.6 Å². The zero-order chi connectivity index (χ0) is 19.9. The summed E-state index contributed by atoms with van der Waals surface area (Å²) in [5, 5.41) is 2.97. The molecule has 1 nitrogen and oxygen atoms in total. The van der Waals surface area contributed by atoms with Gasteiger partial charge in [0, 0.05) is 13.2 Å². The molecule has 0 aliphatic rings. The Morgan fingerprint density at radius 1 is 0.538 bits per heavy atom. The predicted molar refractivity (Wildman–Crippen MR) is 123 cm³/mol. The topological polar surface area (TPSA) is 9.23 Å². The summed E-state index contributed by atoms with van der Waals surface area (Å²) in [4.78, 5) is 0. The van der Waals surface area contributed by atoms with E-state index < -0.39 is 0 Å². The van der Waals surface area contributed by atoms with Crippen molar-refractivity contribution >= 4 is 15.2 Å². The van der Waals surface area contributed by atoms with E-state index >= 15 is 0 Å². The molecule has 0 heterocycles. The van der Waals surface area contributed by atoms with Crippen LogP contribution in [0.25, 0.3) is 0 Å². The molecule has 0 N–H and O–H groups in total. The van der Waals surface area contributed by atoms with Gasteiger partial charge in [-0.25, -0.2) is 0 Å². The van der Waals surface area contributed by atoms with E-state index in [0.717, 1.165) is 40.3 Å². The van der Waals surface area contributed by atoms with E-state index in [9.17, 15) is 0 Å². The lowest BCUT2D eigenvalue weighted by Gasteiger charge is -2.04. The van der Waals surface area contributed by atoms with Gasteiger partial charge in [0.15, 0.2) is 0 Å². The van der Waals surface area contributed by atoms with Crippen molar-refractivity contribution in [3.05, 3.63) is 0 Å². The van der Waals surface area contributed by atoms with E-state index in [1.54, 1.807) is 0 Å². The van der Waals surface area contributed by atoms with Crippen LogP contribution in [0.4, 0.5) is 0 Å². The molecule has 0 saturated carbocycles. The Labute approximate surface area is 174 Å². The maximum atomic E-state index is 5.65. The van der Waals surface area contributed by atoms with Crippen LogP contribution >= 0.6 is 0 Å². The molecule has 0 aliphatic carbocycles.